The molecule has 2 aromatic carbocycles. The summed E-state index contributed by atoms with van der Waals surface area (Å²) in [6.07, 6.45) is 1.75. The Morgan fingerprint density at radius 3 is 2.35 bits per heavy atom. The molecule has 2 nitrogen and oxygen atoms in total. The first kappa shape index (κ1) is 14.7. The van der Waals surface area contributed by atoms with Gasteiger partial charge in [-0.05, 0) is 37.1 Å². The van der Waals surface area contributed by atoms with Gasteiger partial charge in [0.25, 0.3) is 0 Å². The van der Waals surface area contributed by atoms with E-state index in [1.54, 1.807) is 12.3 Å². The van der Waals surface area contributed by atoms with Gasteiger partial charge in [0.05, 0.1) is 0 Å². The number of pyridine rings is 1. The molecule has 0 aliphatic heterocycles. The van der Waals surface area contributed by atoms with E-state index in [4.69, 9.17) is 0 Å². The second-order valence-corrected chi connectivity index (χ2v) is 4.91. The number of phenolic OH excluding ortho intramolecular Hbond substituents is 1. The van der Waals surface area contributed by atoms with E-state index in [2.05, 4.69) is 37.0 Å². The Morgan fingerprint density at radius 1 is 0.950 bits per heavy atom. The van der Waals surface area contributed by atoms with E-state index in [0.29, 0.717) is 5.52 Å². The van der Waals surface area contributed by atoms with Crippen molar-refractivity contribution in [1.82, 2.24) is 4.98 Å². The van der Waals surface area contributed by atoms with Crippen molar-refractivity contribution in [1.29, 1.82) is 0 Å². The first-order valence-corrected chi connectivity index (χ1v) is 6.30. The van der Waals surface area contributed by atoms with Crippen molar-refractivity contribution in [2.24, 2.45) is 0 Å². The number of phenols is 1. The van der Waals surface area contributed by atoms with Crippen LogP contribution in [0.25, 0.3) is 22.0 Å². The van der Waals surface area contributed by atoms with E-state index in [1.165, 1.54) is 11.1 Å². The van der Waals surface area contributed by atoms with Crippen LogP contribution in [0.3, 0.4) is 0 Å². The van der Waals surface area contributed by atoms with Crippen LogP contribution in [-0.2, 0) is 0 Å². The molecular formula is C17H16LiNO. The molecule has 96 valence electrons. The van der Waals surface area contributed by atoms with Crippen LogP contribution in [0.2, 0.25) is 0 Å². The molecule has 0 unspecified atom stereocenters. The van der Waals surface area contributed by atoms with Crippen LogP contribution in [0.5, 0.6) is 5.75 Å². The molecule has 1 N–H and O–H groups in total. The third-order valence-electron chi connectivity index (χ3n) is 3.28. The standard InChI is InChI=1S/C17H15NO.Li.H/c1-11-8-12(2)10-13(9-11)14-6-7-18-17-15(14)4-3-5-16(17)19;;/h3-10,19H,1-2H3;;. The molecule has 3 heteroatoms. The topological polar surface area (TPSA) is 33.1 Å². The van der Waals surface area contributed by atoms with Gasteiger partial charge in [-0.25, -0.2) is 0 Å². The fourth-order valence-electron chi connectivity index (χ4n) is 2.54. The minimum absolute atomic E-state index is 0. The molecule has 20 heavy (non-hydrogen) atoms. The fraction of sp³-hybridized carbons (Fsp3) is 0.118. The average Bonchev–Trinajstić information content (AvgIpc) is 2.37. The minimum atomic E-state index is 0. The van der Waals surface area contributed by atoms with Crippen LogP contribution in [0.15, 0.2) is 48.7 Å². The molecule has 0 aliphatic carbocycles. The van der Waals surface area contributed by atoms with E-state index in [-0.39, 0.29) is 24.6 Å². The van der Waals surface area contributed by atoms with Gasteiger partial charge in [0.1, 0.15) is 11.3 Å². The molecule has 0 bridgehead atoms. The molecule has 1 aromatic heterocycles. The van der Waals surface area contributed by atoms with Crippen LogP contribution in [0.4, 0.5) is 0 Å². The van der Waals surface area contributed by atoms with Gasteiger partial charge in [-0.15, -0.1) is 0 Å². The number of fused-ring (bicyclic) bond motifs is 1. The van der Waals surface area contributed by atoms with Gasteiger partial charge >= 0.3 is 18.9 Å². The Balaban J connectivity index is 0.00000147. The molecule has 0 saturated heterocycles. The number of benzene rings is 2. The summed E-state index contributed by atoms with van der Waals surface area (Å²) in [5, 5.41) is 10.9. The van der Waals surface area contributed by atoms with Gasteiger partial charge in [-0.2, -0.15) is 0 Å². The van der Waals surface area contributed by atoms with Crippen molar-refractivity contribution in [2.45, 2.75) is 13.8 Å². The van der Waals surface area contributed by atoms with Crippen molar-refractivity contribution < 1.29 is 5.11 Å². The monoisotopic (exact) mass is 257 g/mol. The molecule has 0 fully saturated rings. The molecular weight excluding hydrogens is 241 g/mol. The number of hydrogen-bond acceptors (Lipinski definition) is 2. The zero-order chi connectivity index (χ0) is 13.4. The SMILES string of the molecule is Cc1cc(C)cc(-c2ccnc3c(O)cccc23)c1.[LiH]. The molecule has 0 saturated carbocycles. The molecule has 0 aliphatic rings. The second kappa shape index (κ2) is 5.71. The fourth-order valence-corrected chi connectivity index (χ4v) is 2.54. The van der Waals surface area contributed by atoms with Crippen LogP contribution < -0.4 is 0 Å². The summed E-state index contributed by atoms with van der Waals surface area (Å²) in [5.41, 5.74) is 5.39. The van der Waals surface area contributed by atoms with E-state index in [9.17, 15) is 5.11 Å². The Kier molecular flexibility index (Phi) is 4.18. The first-order valence-electron chi connectivity index (χ1n) is 6.30. The van der Waals surface area contributed by atoms with Gasteiger partial charge in [-0.3, -0.25) is 4.98 Å². The number of aromatic hydroxyl groups is 1. The van der Waals surface area contributed by atoms with Crippen molar-refractivity contribution >= 4 is 29.8 Å². The molecule has 0 atom stereocenters. The van der Waals surface area contributed by atoms with E-state index in [1.807, 2.05) is 18.2 Å². The van der Waals surface area contributed by atoms with Gasteiger partial charge in [0.15, 0.2) is 0 Å². The quantitative estimate of drug-likeness (QED) is 0.676. The van der Waals surface area contributed by atoms with Crippen LogP contribution in [0, 0.1) is 13.8 Å². The third kappa shape index (κ3) is 2.58. The number of aryl methyl sites for hydroxylation is 2. The number of aromatic nitrogens is 1. The Morgan fingerprint density at radius 2 is 1.65 bits per heavy atom. The van der Waals surface area contributed by atoms with Gasteiger partial charge < -0.3 is 5.11 Å². The number of hydrogen-bond donors (Lipinski definition) is 1. The Hall–Kier alpha value is -1.75. The predicted octanol–water partition coefficient (Wildman–Crippen LogP) is 3.58. The predicted molar refractivity (Wildman–Crippen MR) is 85.5 cm³/mol. The Labute approximate surface area is 130 Å². The van der Waals surface area contributed by atoms with Crippen molar-refractivity contribution in [3.8, 4) is 16.9 Å². The summed E-state index contributed by atoms with van der Waals surface area (Å²) in [6, 6.07) is 14.0. The molecule has 3 aromatic rings. The van der Waals surface area contributed by atoms with Gasteiger partial charge in [-0.1, -0.05) is 41.5 Å². The molecule has 1 heterocycles. The van der Waals surface area contributed by atoms with Gasteiger partial charge in [0, 0.05) is 11.6 Å². The molecule has 0 spiro atoms. The van der Waals surface area contributed by atoms with Gasteiger partial charge in [0.2, 0.25) is 0 Å². The van der Waals surface area contributed by atoms with Crippen LogP contribution >= 0.6 is 0 Å². The average molecular weight is 257 g/mol. The number of nitrogens with zero attached hydrogens (tertiary/aromatic N) is 1. The van der Waals surface area contributed by atoms with E-state index >= 15 is 0 Å². The zero-order valence-electron chi connectivity index (χ0n) is 11.0. The molecule has 3 rings (SSSR count). The maximum absolute atomic E-state index is 9.89. The van der Waals surface area contributed by atoms with Crippen molar-refractivity contribution in [3.63, 3.8) is 0 Å². The summed E-state index contributed by atoms with van der Waals surface area (Å²) in [5.74, 6) is 0.226. The Bertz CT molecular complexity index is 748. The van der Waals surface area contributed by atoms with Crippen molar-refractivity contribution in [2.75, 3.05) is 0 Å². The van der Waals surface area contributed by atoms with Crippen LogP contribution in [-0.4, -0.2) is 29.0 Å². The zero-order valence-corrected chi connectivity index (χ0v) is 11.0. The maximum atomic E-state index is 9.89. The summed E-state index contributed by atoms with van der Waals surface area (Å²) in [7, 11) is 0. The molecule has 0 radical (unpaired) electrons. The third-order valence-corrected chi connectivity index (χ3v) is 3.28. The van der Waals surface area contributed by atoms with E-state index < -0.39 is 0 Å². The first-order chi connectivity index (χ1) is 9.15. The van der Waals surface area contributed by atoms with Crippen molar-refractivity contribution in [3.05, 3.63) is 59.8 Å². The summed E-state index contributed by atoms with van der Waals surface area (Å²) >= 11 is 0. The summed E-state index contributed by atoms with van der Waals surface area (Å²) in [6.45, 7) is 4.19. The normalized spacial score (nSPS) is 10.3. The second-order valence-electron chi connectivity index (χ2n) is 4.91. The number of para-hydroxylation sites is 1. The summed E-state index contributed by atoms with van der Waals surface area (Å²) in [4.78, 5) is 4.26. The molecule has 0 amide bonds. The van der Waals surface area contributed by atoms with E-state index in [0.717, 1.165) is 16.5 Å². The summed E-state index contributed by atoms with van der Waals surface area (Å²) < 4.78 is 0. The van der Waals surface area contributed by atoms with Crippen LogP contribution in [0.1, 0.15) is 11.1 Å². The number of rotatable bonds is 1.